The lowest BCUT2D eigenvalue weighted by Gasteiger charge is -2.28. The molecule has 2 heterocycles. The molecule has 2 aliphatic rings. The van der Waals surface area contributed by atoms with E-state index in [0.29, 0.717) is 13.0 Å². The Bertz CT molecular complexity index is 558. The normalized spacial score (nSPS) is 23.3. The molecule has 0 N–H and O–H groups in total. The van der Waals surface area contributed by atoms with Crippen LogP contribution >= 0.6 is 0 Å². The molecule has 1 amide bonds. The molecule has 110 valence electrons. The van der Waals surface area contributed by atoms with E-state index in [1.54, 1.807) is 0 Å². The third-order valence-corrected chi connectivity index (χ3v) is 4.14. The van der Waals surface area contributed by atoms with Crippen LogP contribution in [0.4, 0.5) is 5.69 Å². The van der Waals surface area contributed by atoms with E-state index in [4.69, 9.17) is 11.2 Å². The van der Waals surface area contributed by atoms with Gasteiger partial charge in [0.05, 0.1) is 13.2 Å². The van der Waals surface area contributed by atoms with Crippen molar-refractivity contribution >= 4 is 11.6 Å². The Balaban J connectivity index is 1.79. The topological polar surface area (TPSA) is 32.8 Å². The van der Waals surface area contributed by atoms with Gasteiger partial charge in [-0.3, -0.25) is 9.69 Å². The molecule has 4 heteroatoms. The van der Waals surface area contributed by atoms with Gasteiger partial charge in [-0.25, -0.2) is 0 Å². The summed E-state index contributed by atoms with van der Waals surface area (Å²) < 4.78 is 5.38. The Hall–Kier alpha value is -1.83. The summed E-state index contributed by atoms with van der Waals surface area (Å²) in [5, 5.41) is 0. The average Bonchev–Trinajstić information content (AvgIpc) is 2.90. The molecular formula is C17H20N2O2. The molecule has 3 rings (SSSR count). The maximum atomic E-state index is 12.2. The Morgan fingerprint density at radius 3 is 2.76 bits per heavy atom. The Labute approximate surface area is 125 Å². The third-order valence-electron chi connectivity index (χ3n) is 4.14. The molecule has 0 saturated carbocycles. The van der Waals surface area contributed by atoms with E-state index in [2.05, 4.69) is 16.9 Å². The van der Waals surface area contributed by atoms with Crippen molar-refractivity contribution in [3.63, 3.8) is 0 Å². The Morgan fingerprint density at radius 2 is 2.05 bits per heavy atom. The average molecular weight is 284 g/mol. The van der Waals surface area contributed by atoms with Gasteiger partial charge in [-0.05, 0) is 11.6 Å². The van der Waals surface area contributed by atoms with E-state index in [9.17, 15) is 4.79 Å². The van der Waals surface area contributed by atoms with E-state index in [-0.39, 0.29) is 11.8 Å². The monoisotopic (exact) mass is 284 g/mol. The van der Waals surface area contributed by atoms with E-state index in [1.165, 1.54) is 5.56 Å². The van der Waals surface area contributed by atoms with Crippen LogP contribution in [0.1, 0.15) is 12.0 Å². The molecule has 2 fully saturated rings. The second kappa shape index (κ2) is 6.30. The molecule has 21 heavy (non-hydrogen) atoms. The lowest BCUT2D eigenvalue weighted by Crippen LogP contribution is -2.36. The number of anilines is 1. The van der Waals surface area contributed by atoms with Gasteiger partial charge in [-0.2, -0.15) is 0 Å². The lowest BCUT2D eigenvalue weighted by atomic mass is 10.1. The molecule has 1 unspecified atom stereocenters. The predicted octanol–water partition coefficient (Wildman–Crippen LogP) is 1.50. The van der Waals surface area contributed by atoms with Gasteiger partial charge >= 0.3 is 0 Å². The second-order valence-electron chi connectivity index (χ2n) is 5.59. The molecule has 0 aromatic heterocycles. The molecule has 4 nitrogen and oxygen atoms in total. The number of carbonyl (C=O) groups excluding carboxylic acids is 1. The maximum absolute atomic E-state index is 12.2. The highest BCUT2D eigenvalue weighted by Crippen LogP contribution is 2.28. The molecular weight excluding hydrogens is 264 g/mol. The quantitative estimate of drug-likeness (QED) is 0.789. The van der Waals surface area contributed by atoms with Crippen LogP contribution in [0.3, 0.4) is 0 Å². The van der Waals surface area contributed by atoms with Crippen molar-refractivity contribution in [3.8, 4) is 12.3 Å². The highest BCUT2D eigenvalue weighted by atomic mass is 16.5. The van der Waals surface area contributed by atoms with Crippen LogP contribution in [0.2, 0.25) is 0 Å². The fourth-order valence-electron chi connectivity index (χ4n) is 2.96. The van der Waals surface area contributed by atoms with Crippen molar-refractivity contribution in [3.05, 3.63) is 29.8 Å². The maximum Gasteiger partial charge on any atom is 0.228 e. The first-order valence-corrected chi connectivity index (χ1v) is 7.42. The number of nitrogens with zero attached hydrogens (tertiary/aromatic N) is 2. The van der Waals surface area contributed by atoms with Gasteiger partial charge in [-0.15, -0.1) is 12.3 Å². The van der Waals surface area contributed by atoms with E-state index < -0.39 is 0 Å². The predicted molar refractivity (Wildman–Crippen MR) is 81.8 cm³/mol. The number of rotatable bonds is 3. The number of amides is 1. The van der Waals surface area contributed by atoms with Crippen molar-refractivity contribution in [1.82, 2.24) is 4.90 Å². The Kier molecular flexibility index (Phi) is 4.23. The molecule has 2 aliphatic heterocycles. The van der Waals surface area contributed by atoms with Gasteiger partial charge in [0, 0.05) is 44.2 Å². The van der Waals surface area contributed by atoms with Gasteiger partial charge in [0.1, 0.15) is 0 Å². The van der Waals surface area contributed by atoms with Gasteiger partial charge < -0.3 is 9.64 Å². The molecule has 2 saturated heterocycles. The number of hydrogen-bond acceptors (Lipinski definition) is 3. The number of carbonyl (C=O) groups is 1. The van der Waals surface area contributed by atoms with Crippen LogP contribution in [-0.4, -0.2) is 43.7 Å². The molecule has 0 radical (unpaired) electrons. The largest absolute Gasteiger partial charge is 0.379 e. The fourth-order valence-corrected chi connectivity index (χ4v) is 2.96. The zero-order chi connectivity index (χ0) is 14.7. The van der Waals surface area contributed by atoms with Crippen molar-refractivity contribution in [2.45, 2.75) is 13.0 Å². The SMILES string of the molecule is C#CC1CC(=O)N(c2ccccc2CN2CCOCC2)C1. The zero-order valence-corrected chi connectivity index (χ0v) is 12.1. The molecule has 1 aromatic carbocycles. The summed E-state index contributed by atoms with van der Waals surface area (Å²) in [6.07, 6.45) is 5.93. The summed E-state index contributed by atoms with van der Waals surface area (Å²) in [6.45, 7) is 4.93. The van der Waals surface area contributed by atoms with Gasteiger partial charge in [-0.1, -0.05) is 18.2 Å². The van der Waals surface area contributed by atoms with Gasteiger partial charge in [0.25, 0.3) is 0 Å². The van der Waals surface area contributed by atoms with E-state index in [0.717, 1.165) is 38.5 Å². The number of para-hydroxylation sites is 1. The summed E-state index contributed by atoms with van der Waals surface area (Å²) in [4.78, 5) is 16.4. The van der Waals surface area contributed by atoms with Crippen molar-refractivity contribution in [2.75, 3.05) is 37.7 Å². The second-order valence-corrected chi connectivity index (χ2v) is 5.59. The molecule has 1 aromatic rings. The summed E-state index contributed by atoms with van der Waals surface area (Å²) in [5.41, 5.74) is 2.19. The highest BCUT2D eigenvalue weighted by molar-refractivity contribution is 5.96. The molecule has 0 aliphatic carbocycles. The minimum absolute atomic E-state index is 0.0361. The molecule has 0 bridgehead atoms. The van der Waals surface area contributed by atoms with E-state index >= 15 is 0 Å². The van der Waals surface area contributed by atoms with Crippen LogP contribution in [0.15, 0.2) is 24.3 Å². The van der Waals surface area contributed by atoms with Crippen molar-refractivity contribution < 1.29 is 9.53 Å². The number of hydrogen-bond donors (Lipinski definition) is 0. The van der Waals surface area contributed by atoms with Crippen molar-refractivity contribution in [1.29, 1.82) is 0 Å². The minimum atomic E-state index is 0.0361. The third kappa shape index (κ3) is 3.10. The highest BCUT2D eigenvalue weighted by Gasteiger charge is 2.30. The van der Waals surface area contributed by atoms with E-state index in [1.807, 2.05) is 23.1 Å². The Morgan fingerprint density at radius 1 is 1.29 bits per heavy atom. The van der Waals surface area contributed by atoms with Crippen molar-refractivity contribution in [2.24, 2.45) is 5.92 Å². The number of benzene rings is 1. The van der Waals surface area contributed by atoms with Gasteiger partial charge in [0.15, 0.2) is 0 Å². The number of ether oxygens (including phenoxy) is 1. The first-order valence-electron chi connectivity index (χ1n) is 7.42. The summed E-state index contributed by atoms with van der Waals surface area (Å²) >= 11 is 0. The fraction of sp³-hybridized carbons (Fsp3) is 0.471. The zero-order valence-electron chi connectivity index (χ0n) is 12.1. The van der Waals surface area contributed by atoms with Crippen LogP contribution < -0.4 is 4.90 Å². The molecule has 0 spiro atoms. The van der Waals surface area contributed by atoms with Crippen LogP contribution in [0, 0.1) is 18.3 Å². The molecule has 1 atom stereocenters. The minimum Gasteiger partial charge on any atom is -0.379 e. The first kappa shape index (κ1) is 14.1. The number of terminal acetylenes is 1. The standard InChI is InChI=1S/C17H20N2O2/c1-2-14-11-17(20)19(12-14)16-6-4-3-5-15(16)13-18-7-9-21-10-8-18/h1,3-6,14H,7-13H2. The summed E-state index contributed by atoms with van der Waals surface area (Å²) in [7, 11) is 0. The lowest BCUT2D eigenvalue weighted by molar-refractivity contribution is -0.117. The smallest absolute Gasteiger partial charge is 0.228 e. The van der Waals surface area contributed by atoms with Crippen LogP contribution in [0.25, 0.3) is 0 Å². The summed E-state index contributed by atoms with van der Waals surface area (Å²) in [6, 6.07) is 8.13. The first-order chi connectivity index (χ1) is 10.3. The number of morpholine rings is 1. The van der Waals surface area contributed by atoms with Gasteiger partial charge in [0.2, 0.25) is 5.91 Å². The van der Waals surface area contributed by atoms with Crippen LogP contribution in [-0.2, 0) is 16.1 Å². The summed E-state index contributed by atoms with van der Waals surface area (Å²) in [5.74, 6) is 2.87. The van der Waals surface area contributed by atoms with Crippen LogP contribution in [0.5, 0.6) is 0 Å².